The van der Waals surface area contributed by atoms with Crippen molar-refractivity contribution in [3.8, 4) is 0 Å². The van der Waals surface area contributed by atoms with E-state index < -0.39 is 39.1 Å². The van der Waals surface area contributed by atoms with Gasteiger partial charge in [-0.25, -0.2) is 8.42 Å². The maximum absolute atomic E-state index is 11.9. The predicted octanol–water partition coefficient (Wildman–Crippen LogP) is -1.10. The normalized spacial score (nSPS) is 19.2. The molecule has 1 atom stereocenters. The molecule has 1 amide bonds. The Kier molecular flexibility index (Phi) is 5.30. The second-order valence-electron chi connectivity index (χ2n) is 4.98. The summed E-state index contributed by atoms with van der Waals surface area (Å²) >= 11 is 0. The van der Waals surface area contributed by atoms with Gasteiger partial charge in [0.2, 0.25) is 5.91 Å². The lowest BCUT2D eigenvalue weighted by Crippen LogP contribution is -2.49. The van der Waals surface area contributed by atoms with Crippen molar-refractivity contribution >= 4 is 21.7 Å². The Morgan fingerprint density at radius 3 is 2.21 bits per heavy atom. The van der Waals surface area contributed by atoms with Crippen LogP contribution in [0.5, 0.6) is 0 Å². The second-order valence-corrected chi connectivity index (χ2v) is 7.09. The van der Waals surface area contributed by atoms with Crippen molar-refractivity contribution in [2.45, 2.75) is 6.92 Å². The Morgan fingerprint density at radius 2 is 1.74 bits per heavy atom. The first-order valence-corrected chi connectivity index (χ1v) is 7.93. The largest absolute Gasteiger partial charge is 0.481 e. The quantitative estimate of drug-likeness (QED) is 0.691. The number of piperazine rings is 1. The van der Waals surface area contributed by atoms with E-state index in [4.69, 9.17) is 5.11 Å². The molecule has 1 fully saturated rings. The fraction of sp³-hybridized carbons (Fsp3) is 0.818. The number of carbonyl (C=O) groups excluding carboxylic acids is 1. The van der Waals surface area contributed by atoms with Crippen LogP contribution in [0.1, 0.15) is 6.92 Å². The Hall–Kier alpha value is -1.15. The third-order valence-corrected chi connectivity index (χ3v) is 4.82. The highest BCUT2D eigenvalue weighted by atomic mass is 32.2. The van der Waals surface area contributed by atoms with E-state index >= 15 is 0 Å². The number of carboxylic acids is 1. The zero-order valence-corrected chi connectivity index (χ0v) is 12.0. The molecule has 0 aromatic rings. The molecule has 0 saturated carbocycles. The number of sulfone groups is 1. The lowest BCUT2D eigenvalue weighted by atomic mass is 10.2. The Balaban J connectivity index is 2.53. The SMILES string of the molecule is CC(CS(=O)(=O)CC(=O)N1CCN(C)CC1)C(=O)O. The van der Waals surface area contributed by atoms with Crippen LogP contribution in [0, 0.1) is 5.92 Å². The Bertz CT molecular complexity index is 440. The van der Waals surface area contributed by atoms with Crippen LogP contribution in [0.25, 0.3) is 0 Å². The third-order valence-electron chi connectivity index (χ3n) is 3.12. The zero-order chi connectivity index (χ0) is 14.6. The number of likely N-dealkylation sites (N-methyl/N-ethyl adjacent to an activating group) is 1. The van der Waals surface area contributed by atoms with Crippen molar-refractivity contribution in [2.75, 3.05) is 44.7 Å². The van der Waals surface area contributed by atoms with Crippen molar-refractivity contribution in [2.24, 2.45) is 5.92 Å². The first-order chi connectivity index (χ1) is 8.71. The standard InChI is InChI=1S/C11H20N2O5S/c1-9(11(15)16)7-19(17,18)8-10(14)13-5-3-12(2)4-6-13/h9H,3-8H2,1-2H3,(H,15,16). The average Bonchev–Trinajstić information content (AvgIpc) is 2.28. The minimum atomic E-state index is -3.67. The molecule has 110 valence electrons. The molecule has 8 heteroatoms. The van der Waals surface area contributed by atoms with Crippen molar-refractivity contribution in [1.82, 2.24) is 9.80 Å². The molecule has 1 rings (SSSR count). The number of nitrogens with zero attached hydrogens (tertiary/aromatic N) is 2. The monoisotopic (exact) mass is 292 g/mol. The summed E-state index contributed by atoms with van der Waals surface area (Å²) in [6, 6.07) is 0. The van der Waals surface area contributed by atoms with E-state index in [1.807, 2.05) is 7.05 Å². The van der Waals surface area contributed by atoms with E-state index in [0.717, 1.165) is 13.1 Å². The summed E-state index contributed by atoms with van der Waals surface area (Å²) in [5.74, 6) is -3.71. The highest BCUT2D eigenvalue weighted by Crippen LogP contribution is 2.06. The summed E-state index contributed by atoms with van der Waals surface area (Å²) in [6.45, 7) is 3.79. The van der Waals surface area contributed by atoms with Gasteiger partial charge in [-0.3, -0.25) is 9.59 Å². The molecule has 0 bridgehead atoms. The van der Waals surface area contributed by atoms with Crippen LogP contribution >= 0.6 is 0 Å². The first-order valence-electron chi connectivity index (χ1n) is 6.11. The van der Waals surface area contributed by atoms with E-state index in [1.54, 1.807) is 0 Å². The highest BCUT2D eigenvalue weighted by molar-refractivity contribution is 7.92. The first kappa shape index (κ1) is 15.9. The number of carbonyl (C=O) groups is 2. The lowest BCUT2D eigenvalue weighted by molar-refractivity contribution is -0.140. The molecule has 1 N–H and O–H groups in total. The van der Waals surface area contributed by atoms with Gasteiger partial charge >= 0.3 is 5.97 Å². The fourth-order valence-corrected chi connectivity index (χ4v) is 3.43. The van der Waals surface area contributed by atoms with E-state index in [-0.39, 0.29) is 0 Å². The number of aliphatic carboxylic acids is 1. The van der Waals surface area contributed by atoms with Crippen molar-refractivity contribution < 1.29 is 23.1 Å². The van der Waals surface area contributed by atoms with Crippen LogP contribution in [0.4, 0.5) is 0 Å². The average molecular weight is 292 g/mol. The summed E-state index contributed by atoms with van der Waals surface area (Å²) in [7, 11) is -1.74. The van der Waals surface area contributed by atoms with Crippen LogP contribution < -0.4 is 0 Å². The molecule has 1 aliphatic heterocycles. The molecule has 1 saturated heterocycles. The summed E-state index contributed by atoms with van der Waals surface area (Å²) in [5, 5.41) is 8.69. The smallest absolute Gasteiger partial charge is 0.307 e. The van der Waals surface area contributed by atoms with Gasteiger partial charge in [-0.15, -0.1) is 0 Å². The van der Waals surface area contributed by atoms with Crippen molar-refractivity contribution in [3.05, 3.63) is 0 Å². The topological polar surface area (TPSA) is 95.0 Å². The minimum absolute atomic E-state index is 0.439. The number of hydrogen-bond acceptors (Lipinski definition) is 5. The van der Waals surface area contributed by atoms with Gasteiger partial charge in [0.25, 0.3) is 0 Å². The van der Waals surface area contributed by atoms with Gasteiger partial charge in [-0.05, 0) is 7.05 Å². The molecule has 0 aliphatic carbocycles. The molecular weight excluding hydrogens is 272 g/mol. The molecule has 0 radical (unpaired) electrons. The number of hydrogen-bond donors (Lipinski definition) is 1. The van der Waals surface area contributed by atoms with E-state index in [0.29, 0.717) is 13.1 Å². The van der Waals surface area contributed by atoms with Crippen LogP contribution in [0.15, 0.2) is 0 Å². The third kappa shape index (κ3) is 5.15. The van der Waals surface area contributed by atoms with Gasteiger partial charge in [0, 0.05) is 26.2 Å². The number of amides is 1. The summed E-state index contributed by atoms with van der Waals surface area (Å²) < 4.78 is 23.5. The fourth-order valence-electron chi connectivity index (χ4n) is 1.85. The highest BCUT2D eigenvalue weighted by Gasteiger charge is 2.27. The number of carboxylic acid groups (broad SMARTS) is 1. The van der Waals surface area contributed by atoms with Crippen LogP contribution in [0.3, 0.4) is 0 Å². The molecule has 0 aromatic heterocycles. The van der Waals surface area contributed by atoms with Crippen molar-refractivity contribution in [3.63, 3.8) is 0 Å². The molecular formula is C11H20N2O5S. The predicted molar refractivity (Wildman–Crippen MR) is 69.5 cm³/mol. The molecule has 1 unspecified atom stereocenters. The Labute approximate surface area is 113 Å². The van der Waals surface area contributed by atoms with Gasteiger partial charge in [-0.1, -0.05) is 6.92 Å². The van der Waals surface area contributed by atoms with Gasteiger partial charge < -0.3 is 14.9 Å². The van der Waals surface area contributed by atoms with Gasteiger partial charge in [-0.2, -0.15) is 0 Å². The lowest BCUT2D eigenvalue weighted by Gasteiger charge is -2.32. The van der Waals surface area contributed by atoms with Crippen molar-refractivity contribution in [1.29, 1.82) is 0 Å². The second kappa shape index (κ2) is 6.33. The molecule has 0 spiro atoms. The molecule has 1 heterocycles. The summed E-state index contributed by atoms with van der Waals surface area (Å²) in [4.78, 5) is 26.1. The molecule has 1 aliphatic rings. The number of rotatable bonds is 5. The molecule has 7 nitrogen and oxygen atoms in total. The van der Waals surface area contributed by atoms with E-state index in [2.05, 4.69) is 4.90 Å². The minimum Gasteiger partial charge on any atom is -0.481 e. The molecule has 0 aromatic carbocycles. The molecule has 19 heavy (non-hydrogen) atoms. The van der Waals surface area contributed by atoms with Gasteiger partial charge in [0.15, 0.2) is 9.84 Å². The summed E-state index contributed by atoms with van der Waals surface area (Å²) in [5.41, 5.74) is 0. The summed E-state index contributed by atoms with van der Waals surface area (Å²) in [6.07, 6.45) is 0. The van der Waals surface area contributed by atoms with E-state index in [1.165, 1.54) is 11.8 Å². The van der Waals surface area contributed by atoms with Crippen LogP contribution in [0.2, 0.25) is 0 Å². The maximum atomic E-state index is 11.9. The van der Waals surface area contributed by atoms with E-state index in [9.17, 15) is 18.0 Å². The maximum Gasteiger partial charge on any atom is 0.307 e. The zero-order valence-electron chi connectivity index (χ0n) is 11.2. The van der Waals surface area contributed by atoms with Crippen LogP contribution in [-0.2, 0) is 19.4 Å². The Morgan fingerprint density at radius 1 is 1.21 bits per heavy atom. The van der Waals surface area contributed by atoms with Gasteiger partial charge in [0.1, 0.15) is 5.75 Å². The van der Waals surface area contributed by atoms with Gasteiger partial charge in [0.05, 0.1) is 11.7 Å². The van der Waals surface area contributed by atoms with Crippen LogP contribution in [-0.4, -0.2) is 79.9 Å².